The molecular weight excluding hydrogens is 230 g/mol. The Hall–Kier alpha value is -0.820. The van der Waals surface area contributed by atoms with E-state index in [0.29, 0.717) is 12.1 Å². The highest BCUT2D eigenvalue weighted by atomic mass is 15.0. The maximum atomic E-state index is 3.93. The first-order valence-corrected chi connectivity index (χ1v) is 8.00. The van der Waals surface area contributed by atoms with E-state index in [1.54, 1.807) is 0 Å². The fourth-order valence-corrected chi connectivity index (χ4v) is 3.69. The lowest BCUT2D eigenvalue weighted by Gasteiger charge is -2.35. The molecule has 1 aliphatic rings. The normalized spacial score (nSPS) is 29.1. The number of rotatable bonds is 5. The van der Waals surface area contributed by atoms with Crippen LogP contribution in [-0.4, -0.2) is 6.04 Å². The fourth-order valence-electron chi connectivity index (χ4n) is 3.69. The zero-order valence-corrected chi connectivity index (χ0v) is 12.7. The lowest BCUT2D eigenvalue weighted by Crippen LogP contribution is -2.38. The molecule has 1 fully saturated rings. The van der Waals surface area contributed by atoms with Crippen LogP contribution in [0.5, 0.6) is 0 Å². The minimum absolute atomic E-state index is 0.536. The predicted octanol–water partition coefficient (Wildman–Crippen LogP) is 4.94. The van der Waals surface area contributed by atoms with Gasteiger partial charge in [0.05, 0.1) is 0 Å². The lowest BCUT2D eigenvalue weighted by atomic mass is 9.80. The number of hydrogen-bond donors (Lipinski definition) is 1. The molecule has 3 atom stereocenters. The van der Waals surface area contributed by atoms with E-state index in [1.165, 1.54) is 37.7 Å². The second kappa shape index (κ2) is 7.09. The third kappa shape index (κ3) is 4.35. The van der Waals surface area contributed by atoms with Crippen LogP contribution in [0.3, 0.4) is 0 Å². The molecule has 0 spiro atoms. The van der Waals surface area contributed by atoms with Crippen LogP contribution < -0.4 is 5.32 Å². The second-order valence-corrected chi connectivity index (χ2v) is 6.53. The minimum atomic E-state index is 0.536. The van der Waals surface area contributed by atoms with Gasteiger partial charge in [0.25, 0.3) is 0 Å². The van der Waals surface area contributed by atoms with Gasteiger partial charge in [-0.3, -0.25) is 0 Å². The summed E-state index contributed by atoms with van der Waals surface area (Å²) in [7, 11) is 0. The molecule has 0 aromatic heterocycles. The molecule has 1 nitrogen and oxygen atoms in total. The van der Waals surface area contributed by atoms with E-state index in [0.717, 1.165) is 11.8 Å². The van der Waals surface area contributed by atoms with E-state index in [9.17, 15) is 0 Å². The zero-order valence-electron chi connectivity index (χ0n) is 12.7. The Labute approximate surface area is 118 Å². The van der Waals surface area contributed by atoms with Crippen LogP contribution in [-0.2, 0) is 0 Å². The highest BCUT2D eigenvalue weighted by Gasteiger charge is 2.25. The zero-order chi connectivity index (χ0) is 13.7. The van der Waals surface area contributed by atoms with E-state index < -0.39 is 0 Å². The maximum absolute atomic E-state index is 3.93. The third-order valence-corrected chi connectivity index (χ3v) is 4.39. The van der Waals surface area contributed by atoms with Gasteiger partial charge in [0.1, 0.15) is 0 Å². The minimum Gasteiger partial charge on any atom is -0.307 e. The first kappa shape index (κ1) is 14.6. The van der Waals surface area contributed by atoms with E-state index in [4.69, 9.17) is 0 Å². The molecule has 0 aliphatic heterocycles. The van der Waals surface area contributed by atoms with E-state index in [2.05, 4.69) is 56.4 Å². The average molecular weight is 259 g/mol. The number of hydrogen-bond acceptors (Lipinski definition) is 1. The molecule has 1 heteroatoms. The van der Waals surface area contributed by atoms with Crippen LogP contribution in [0.15, 0.2) is 30.3 Å². The molecule has 2 rings (SSSR count). The van der Waals surface area contributed by atoms with Crippen molar-refractivity contribution in [3.05, 3.63) is 35.9 Å². The topological polar surface area (TPSA) is 12.0 Å². The quantitative estimate of drug-likeness (QED) is 0.789. The molecule has 3 unspecified atom stereocenters. The molecule has 0 amide bonds. The van der Waals surface area contributed by atoms with E-state index >= 15 is 0 Å². The first-order chi connectivity index (χ1) is 9.19. The molecule has 1 aliphatic carbocycles. The summed E-state index contributed by atoms with van der Waals surface area (Å²) in [6.45, 7) is 7.09. The van der Waals surface area contributed by atoms with E-state index in [-0.39, 0.29) is 0 Å². The monoisotopic (exact) mass is 259 g/mol. The predicted molar refractivity (Wildman–Crippen MR) is 83.2 cm³/mol. The molecule has 1 aromatic carbocycles. The van der Waals surface area contributed by atoms with Crippen molar-refractivity contribution in [1.29, 1.82) is 0 Å². The molecular formula is C18H29N. The highest BCUT2D eigenvalue weighted by Crippen LogP contribution is 2.30. The standard InChI is InChI=1S/C18H29N/c1-4-8-18(16-9-6-5-7-10-16)19-17-12-14(2)11-15(3)13-17/h5-7,9-10,14-15,17-19H,4,8,11-13H2,1-3H3. The average Bonchev–Trinajstić information content (AvgIpc) is 2.38. The van der Waals surface area contributed by atoms with Crippen molar-refractivity contribution in [2.75, 3.05) is 0 Å². The SMILES string of the molecule is CCCC(NC1CC(C)CC(C)C1)c1ccccc1. The summed E-state index contributed by atoms with van der Waals surface area (Å²) in [4.78, 5) is 0. The Bertz CT molecular complexity index is 349. The first-order valence-electron chi connectivity index (χ1n) is 8.00. The molecule has 0 radical (unpaired) electrons. The summed E-state index contributed by atoms with van der Waals surface area (Å²) in [6.07, 6.45) is 6.57. The largest absolute Gasteiger partial charge is 0.307 e. The van der Waals surface area contributed by atoms with Crippen LogP contribution in [0, 0.1) is 11.8 Å². The van der Waals surface area contributed by atoms with Gasteiger partial charge in [0, 0.05) is 12.1 Å². The van der Waals surface area contributed by atoms with Gasteiger partial charge in [-0.25, -0.2) is 0 Å². The van der Waals surface area contributed by atoms with Crippen molar-refractivity contribution >= 4 is 0 Å². The second-order valence-electron chi connectivity index (χ2n) is 6.53. The Balaban J connectivity index is 2.00. The summed E-state index contributed by atoms with van der Waals surface area (Å²) in [5.41, 5.74) is 1.45. The summed E-state index contributed by atoms with van der Waals surface area (Å²) in [5.74, 6) is 1.75. The van der Waals surface area contributed by atoms with Crippen molar-refractivity contribution in [3.63, 3.8) is 0 Å². The van der Waals surface area contributed by atoms with Gasteiger partial charge in [-0.05, 0) is 43.1 Å². The van der Waals surface area contributed by atoms with Crippen LogP contribution in [0.2, 0.25) is 0 Å². The van der Waals surface area contributed by atoms with Crippen molar-refractivity contribution in [3.8, 4) is 0 Å². The lowest BCUT2D eigenvalue weighted by molar-refractivity contribution is 0.222. The Kier molecular flexibility index (Phi) is 5.45. The Morgan fingerprint density at radius 3 is 2.26 bits per heavy atom. The molecule has 106 valence electrons. The Morgan fingerprint density at radius 2 is 1.68 bits per heavy atom. The van der Waals surface area contributed by atoms with Gasteiger partial charge >= 0.3 is 0 Å². The Morgan fingerprint density at radius 1 is 1.05 bits per heavy atom. The van der Waals surface area contributed by atoms with Crippen molar-refractivity contribution in [2.45, 2.75) is 65.0 Å². The van der Waals surface area contributed by atoms with Crippen LogP contribution in [0.25, 0.3) is 0 Å². The van der Waals surface area contributed by atoms with Crippen molar-refractivity contribution in [1.82, 2.24) is 5.32 Å². The summed E-state index contributed by atoms with van der Waals surface area (Å²) in [5, 5.41) is 3.93. The number of benzene rings is 1. The van der Waals surface area contributed by atoms with Crippen LogP contribution >= 0.6 is 0 Å². The molecule has 1 aromatic rings. The van der Waals surface area contributed by atoms with Crippen molar-refractivity contribution in [2.24, 2.45) is 11.8 Å². The molecule has 0 saturated heterocycles. The van der Waals surface area contributed by atoms with Gasteiger partial charge in [0.15, 0.2) is 0 Å². The molecule has 0 heterocycles. The van der Waals surface area contributed by atoms with Gasteiger partial charge < -0.3 is 5.32 Å². The smallest absolute Gasteiger partial charge is 0.0322 e. The van der Waals surface area contributed by atoms with Crippen LogP contribution in [0.4, 0.5) is 0 Å². The highest BCUT2D eigenvalue weighted by molar-refractivity contribution is 5.19. The third-order valence-electron chi connectivity index (χ3n) is 4.39. The van der Waals surface area contributed by atoms with Gasteiger partial charge in [0.2, 0.25) is 0 Å². The fraction of sp³-hybridized carbons (Fsp3) is 0.667. The molecule has 1 N–H and O–H groups in total. The van der Waals surface area contributed by atoms with Gasteiger partial charge in [-0.2, -0.15) is 0 Å². The van der Waals surface area contributed by atoms with Crippen molar-refractivity contribution < 1.29 is 0 Å². The summed E-state index contributed by atoms with van der Waals surface area (Å²) < 4.78 is 0. The molecule has 0 bridgehead atoms. The summed E-state index contributed by atoms with van der Waals surface area (Å²) in [6, 6.07) is 12.2. The molecule has 1 saturated carbocycles. The summed E-state index contributed by atoms with van der Waals surface area (Å²) >= 11 is 0. The van der Waals surface area contributed by atoms with Crippen LogP contribution in [0.1, 0.15) is 64.5 Å². The molecule has 19 heavy (non-hydrogen) atoms. The van der Waals surface area contributed by atoms with Gasteiger partial charge in [-0.15, -0.1) is 0 Å². The van der Waals surface area contributed by atoms with E-state index in [1.807, 2.05) is 0 Å². The van der Waals surface area contributed by atoms with Gasteiger partial charge in [-0.1, -0.05) is 57.5 Å². The maximum Gasteiger partial charge on any atom is 0.0322 e. The number of nitrogens with one attached hydrogen (secondary N) is 1.